The fraction of sp³-hybridized carbons (Fsp3) is 0.0909. The Labute approximate surface area is 163 Å². The lowest BCUT2D eigenvalue weighted by Gasteiger charge is -2.07. The van der Waals surface area contributed by atoms with Crippen molar-refractivity contribution in [3.05, 3.63) is 101 Å². The number of carbonyl (C=O) groups is 2. The van der Waals surface area contributed by atoms with Gasteiger partial charge in [0, 0.05) is 28.4 Å². The third-order valence-corrected chi connectivity index (χ3v) is 4.31. The maximum atomic E-state index is 12.2. The second-order valence-electron chi connectivity index (χ2n) is 6.03. The molecule has 2 N–H and O–H groups in total. The lowest BCUT2D eigenvalue weighted by molar-refractivity contribution is 0.0952. The molecule has 0 aliphatic carbocycles. The molecule has 27 heavy (non-hydrogen) atoms. The topological polar surface area (TPSA) is 58.2 Å². The number of hydrogen-bond acceptors (Lipinski definition) is 2. The molecule has 3 aromatic rings. The van der Waals surface area contributed by atoms with Crippen LogP contribution in [-0.2, 0) is 6.42 Å². The highest BCUT2D eigenvalue weighted by Gasteiger charge is 2.09. The predicted octanol–water partition coefficient (Wildman–Crippen LogP) is 4.56. The Morgan fingerprint density at radius 1 is 0.741 bits per heavy atom. The lowest BCUT2D eigenvalue weighted by Crippen LogP contribution is -2.25. The van der Waals surface area contributed by atoms with Crippen molar-refractivity contribution in [2.75, 3.05) is 11.9 Å². The van der Waals surface area contributed by atoms with Gasteiger partial charge in [0.25, 0.3) is 11.8 Å². The quantitative estimate of drug-likeness (QED) is 0.660. The summed E-state index contributed by atoms with van der Waals surface area (Å²) in [6.07, 6.45) is 0.723. The van der Waals surface area contributed by atoms with Gasteiger partial charge in [-0.25, -0.2) is 0 Å². The van der Waals surface area contributed by atoms with Gasteiger partial charge in [0.2, 0.25) is 0 Å². The molecule has 0 saturated heterocycles. The number of para-hydroxylation sites is 1. The monoisotopic (exact) mass is 378 g/mol. The van der Waals surface area contributed by atoms with Gasteiger partial charge >= 0.3 is 0 Å². The van der Waals surface area contributed by atoms with Crippen LogP contribution in [0, 0.1) is 0 Å². The predicted molar refractivity (Wildman–Crippen MR) is 108 cm³/mol. The minimum absolute atomic E-state index is 0.168. The summed E-state index contributed by atoms with van der Waals surface area (Å²) in [7, 11) is 0. The standard InChI is InChI=1S/C22H19ClN2O2/c23-19-12-6-16(7-13-19)14-15-24-21(26)17-8-10-18(11-9-17)22(27)25-20-4-2-1-3-5-20/h1-13H,14-15H2,(H,24,26)(H,25,27). The van der Waals surface area contributed by atoms with E-state index in [2.05, 4.69) is 10.6 Å². The lowest BCUT2D eigenvalue weighted by atomic mass is 10.1. The minimum Gasteiger partial charge on any atom is -0.352 e. The molecule has 5 heteroatoms. The molecule has 0 fully saturated rings. The van der Waals surface area contributed by atoms with Crippen LogP contribution >= 0.6 is 11.6 Å². The van der Waals surface area contributed by atoms with E-state index in [1.54, 1.807) is 24.3 Å². The summed E-state index contributed by atoms with van der Waals surface area (Å²) in [5, 5.41) is 6.39. The van der Waals surface area contributed by atoms with Crippen LogP contribution in [-0.4, -0.2) is 18.4 Å². The average molecular weight is 379 g/mol. The first-order valence-corrected chi connectivity index (χ1v) is 8.99. The van der Waals surface area contributed by atoms with E-state index >= 15 is 0 Å². The molecule has 0 radical (unpaired) electrons. The molecule has 0 spiro atoms. The Morgan fingerprint density at radius 3 is 1.96 bits per heavy atom. The Kier molecular flexibility index (Phi) is 6.23. The van der Waals surface area contributed by atoms with Gasteiger partial charge in [-0.15, -0.1) is 0 Å². The average Bonchev–Trinajstić information content (AvgIpc) is 2.70. The van der Waals surface area contributed by atoms with Gasteiger partial charge in [-0.2, -0.15) is 0 Å². The van der Waals surface area contributed by atoms with E-state index in [0.717, 1.165) is 17.7 Å². The summed E-state index contributed by atoms with van der Waals surface area (Å²) in [4.78, 5) is 24.5. The molecule has 0 aliphatic heterocycles. The second-order valence-corrected chi connectivity index (χ2v) is 6.47. The first kappa shape index (κ1) is 18.7. The number of rotatable bonds is 6. The molecule has 0 aliphatic rings. The summed E-state index contributed by atoms with van der Waals surface area (Å²) in [6, 6.07) is 23.4. The van der Waals surface area contributed by atoms with E-state index in [-0.39, 0.29) is 11.8 Å². The first-order chi connectivity index (χ1) is 13.1. The normalized spacial score (nSPS) is 10.3. The summed E-state index contributed by atoms with van der Waals surface area (Å²) < 4.78 is 0. The molecule has 136 valence electrons. The molecule has 0 unspecified atom stereocenters. The molecule has 0 aromatic heterocycles. The number of amides is 2. The van der Waals surface area contributed by atoms with Gasteiger partial charge in [0.15, 0.2) is 0 Å². The van der Waals surface area contributed by atoms with Crippen LogP contribution in [0.2, 0.25) is 5.02 Å². The van der Waals surface area contributed by atoms with Gasteiger partial charge in [0.1, 0.15) is 0 Å². The molecule has 3 aromatic carbocycles. The third kappa shape index (κ3) is 5.43. The smallest absolute Gasteiger partial charge is 0.255 e. The van der Waals surface area contributed by atoms with Crippen LogP contribution in [0.5, 0.6) is 0 Å². The highest BCUT2D eigenvalue weighted by atomic mass is 35.5. The van der Waals surface area contributed by atoms with Crippen molar-refractivity contribution < 1.29 is 9.59 Å². The highest BCUT2D eigenvalue weighted by molar-refractivity contribution is 6.30. The van der Waals surface area contributed by atoms with Crippen molar-refractivity contribution in [3.8, 4) is 0 Å². The van der Waals surface area contributed by atoms with Gasteiger partial charge < -0.3 is 10.6 Å². The van der Waals surface area contributed by atoms with Gasteiger partial charge in [-0.05, 0) is 60.5 Å². The molecular formula is C22H19ClN2O2. The van der Waals surface area contributed by atoms with Crippen LogP contribution in [0.25, 0.3) is 0 Å². The molecule has 0 saturated carbocycles. The second kappa shape index (κ2) is 9.01. The van der Waals surface area contributed by atoms with Crippen molar-refractivity contribution in [2.24, 2.45) is 0 Å². The van der Waals surface area contributed by atoms with Crippen molar-refractivity contribution >= 4 is 29.1 Å². The molecule has 2 amide bonds. The van der Waals surface area contributed by atoms with Gasteiger partial charge in [0.05, 0.1) is 0 Å². The van der Waals surface area contributed by atoms with E-state index < -0.39 is 0 Å². The Balaban J connectivity index is 1.52. The van der Waals surface area contributed by atoms with Crippen LogP contribution in [0.4, 0.5) is 5.69 Å². The van der Waals surface area contributed by atoms with Crippen LogP contribution in [0.15, 0.2) is 78.9 Å². The van der Waals surface area contributed by atoms with E-state index in [9.17, 15) is 9.59 Å². The highest BCUT2D eigenvalue weighted by Crippen LogP contribution is 2.11. The number of nitrogens with one attached hydrogen (secondary N) is 2. The molecule has 0 atom stereocenters. The fourth-order valence-corrected chi connectivity index (χ4v) is 2.70. The van der Waals surface area contributed by atoms with Crippen molar-refractivity contribution in [2.45, 2.75) is 6.42 Å². The van der Waals surface area contributed by atoms with Crippen LogP contribution < -0.4 is 10.6 Å². The van der Waals surface area contributed by atoms with Gasteiger partial charge in [-0.3, -0.25) is 9.59 Å². The molecule has 3 rings (SSSR count). The van der Waals surface area contributed by atoms with Crippen molar-refractivity contribution in [3.63, 3.8) is 0 Å². The summed E-state index contributed by atoms with van der Waals surface area (Å²) in [5.74, 6) is -0.380. The zero-order chi connectivity index (χ0) is 19.1. The maximum absolute atomic E-state index is 12.2. The number of halogens is 1. The van der Waals surface area contributed by atoms with E-state index in [0.29, 0.717) is 22.7 Å². The summed E-state index contributed by atoms with van der Waals surface area (Å²) in [6.45, 7) is 0.525. The zero-order valence-electron chi connectivity index (χ0n) is 14.6. The Hall–Kier alpha value is -3.11. The van der Waals surface area contributed by atoms with Gasteiger partial charge in [-0.1, -0.05) is 41.9 Å². The summed E-state index contributed by atoms with van der Waals surface area (Å²) in [5.41, 5.74) is 2.85. The van der Waals surface area contributed by atoms with E-state index in [4.69, 9.17) is 11.6 Å². The largest absolute Gasteiger partial charge is 0.352 e. The number of hydrogen-bond donors (Lipinski definition) is 2. The molecule has 4 nitrogen and oxygen atoms in total. The van der Waals surface area contributed by atoms with E-state index in [1.165, 1.54) is 0 Å². The molecule has 0 heterocycles. The molecular weight excluding hydrogens is 360 g/mol. The minimum atomic E-state index is -0.212. The number of benzene rings is 3. The maximum Gasteiger partial charge on any atom is 0.255 e. The SMILES string of the molecule is O=C(NCCc1ccc(Cl)cc1)c1ccc(C(=O)Nc2ccccc2)cc1. The number of carbonyl (C=O) groups excluding carboxylic acids is 2. The van der Waals surface area contributed by atoms with Crippen LogP contribution in [0.1, 0.15) is 26.3 Å². The van der Waals surface area contributed by atoms with E-state index in [1.807, 2.05) is 54.6 Å². The van der Waals surface area contributed by atoms with Crippen LogP contribution in [0.3, 0.4) is 0 Å². The fourth-order valence-electron chi connectivity index (χ4n) is 2.57. The zero-order valence-corrected chi connectivity index (χ0v) is 15.4. The summed E-state index contributed by atoms with van der Waals surface area (Å²) >= 11 is 5.86. The molecule has 0 bridgehead atoms. The Bertz CT molecular complexity index is 907. The number of anilines is 1. The first-order valence-electron chi connectivity index (χ1n) is 8.61. The van der Waals surface area contributed by atoms with Crippen molar-refractivity contribution in [1.29, 1.82) is 0 Å². The van der Waals surface area contributed by atoms with Crippen molar-refractivity contribution in [1.82, 2.24) is 5.32 Å². The Morgan fingerprint density at radius 2 is 1.33 bits per heavy atom. The third-order valence-electron chi connectivity index (χ3n) is 4.05.